The predicted molar refractivity (Wildman–Crippen MR) is 87.5 cm³/mol. The molecule has 2 heterocycles. The van der Waals surface area contributed by atoms with Gasteiger partial charge in [0, 0.05) is 23.7 Å². The van der Waals surface area contributed by atoms with Crippen LogP contribution in [0.15, 0.2) is 39.5 Å². The Morgan fingerprint density at radius 3 is 3.00 bits per heavy atom. The molecule has 1 aliphatic heterocycles. The van der Waals surface area contributed by atoms with Gasteiger partial charge in [0.15, 0.2) is 0 Å². The van der Waals surface area contributed by atoms with Crippen molar-refractivity contribution in [2.24, 2.45) is 5.92 Å². The van der Waals surface area contributed by atoms with E-state index in [0.29, 0.717) is 17.8 Å². The number of amides is 2. The minimum Gasteiger partial charge on any atom is -0.423 e. The Hall–Kier alpha value is -2.34. The van der Waals surface area contributed by atoms with Crippen molar-refractivity contribution in [3.05, 3.63) is 40.8 Å². The average Bonchev–Trinajstić information content (AvgIpc) is 2.54. The summed E-state index contributed by atoms with van der Waals surface area (Å²) in [6.07, 6.45) is 1.96. The van der Waals surface area contributed by atoms with Crippen molar-refractivity contribution in [1.82, 2.24) is 4.90 Å². The summed E-state index contributed by atoms with van der Waals surface area (Å²) in [4.78, 5) is 25.4. The SMILES string of the molecule is CC1CCCN(C(=O)Nc2ccc3oc(=O)ccc3c2)C1CO. The third-order valence-electron chi connectivity index (χ3n) is 4.43. The van der Waals surface area contributed by atoms with Gasteiger partial charge in [0.2, 0.25) is 0 Å². The number of aliphatic hydroxyl groups is 1. The van der Waals surface area contributed by atoms with Crippen LogP contribution in [-0.2, 0) is 0 Å². The number of anilines is 1. The molecule has 1 saturated heterocycles. The molecular formula is C17H20N2O4. The number of fused-ring (bicyclic) bond motifs is 1. The molecule has 1 aromatic carbocycles. The summed E-state index contributed by atoms with van der Waals surface area (Å²) in [6.45, 7) is 2.67. The summed E-state index contributed by atoms with van der Waals surface area (Å²) in [6, 6.07) is 7.77. The second-order valence-corrected chi connectivity index (χ2v) is 6.00. The number of benzene rings is 1. The van der Waals surface area contributed by atoms with Gasteiger partial charge in [0.05, 0.1) is 12.6 Å². The fourth-order valence-corrected chi connectivity index (χ4v) is 3.12. The molecule has 6 nitrogen and oxygen atoms in total. The van der Waals surface area contributed by atoms with Crippen LogP contribution in [0, 0.1) is 5.92 Å². The number of nitrogens with zero attached hydrogens (tertiary/aromatic N) is 1. The second-order valence-electron chi connectivity index (χ2n) is 6.00. The number of carbonyl (C=O) groups excluding carboxylic acids is 1. The summed E-state index contributed by atoms with van der Waals surface area (Å²) < 4.78 is 5.07. The lowest BCUT2D eigenvalue weighted by Gasteiger charge is -2.38. The van der Waals surface area contributed by atoms with E-state index in [1.54, 1.807) is 29.2 Å². The number of hydrogen-bond acceptors (Lipinski definition) is 4. The van der Waals surface area contributed by atoms with Crippen LogP contribution in [0.2, 0.25) is 0 Å². The largest absolute Gasteiger partial charge is 0.423 e. The second kappa shape index (κ2) is 6.42. The topological polar surface area (TPSA) is 82.8 Å². The standard InChI is InChI=1S/C17H20N2O4/c1-11-3-2-8-19(14(11)10-20)17(22)18-13-5-6-15-12(9-13)4-7-16(21)23-15/h4-7,9,11,14,20H,2-3,8,10H2,1H3,(H,18,22). The average molecular weight is 316 g/mol. The fourth-order valence-electron chi connectivity index (χ4n) is 3.12. The molecule has 2 unspecified atom stereocenters. The van der Waals surface area contributed by atoms with E-state index < -0.39 is 5.63 Å². The molecule has 0 saturated carbocycles. The Labute approximate surface area is 133 Å². The lowest BCUT2D eigenvalue weighted by atomic mass is 9.91. The Morgan fingerprint density at radius 1 is 1.39 bits per heavy atom. The van der Waals surface area contributed by atoms with E-state index in [1.807, 2.05) is 0 Å². The highest BCUT2D eigenvalue weighted by atomic mass is 16.4. The maximum atomic E-state index is 12.5. The van der Waals surface area contributed by atoms with Gasteiger partial charge >= 0.3 is 11.7 Å². The van der Waals surface area contributed by atoms with Crippen LogP contribution >= 0.6 is 0 Å². The number of likely N-dealkylation sites (tertiary alicyclic amines) is 1. The molecule has 0 bridgehead atoms. The number of hydrogen-bond donors (Lipinski definition) is 2. The van der Waals surface area contributed by atoms with Crippen LogP contribution in [0.1, 0.15) is 19.8 Å². The molecule has 1 aliphatic rings. The van der Waals surface area contributed by atoms with Crippen molar-refractivity contribution in [3.8, 4) is 0 Å². The number of nitrogens with one attached hydrogen (secondary N) is 1. The van der Waals surface area contributed by atoms with E-state index in [-0.39, 0.29) is 24.6 Å². The molecule has 0 spiro atoms. The van der Waals surface area contributed by atoms with Gasteiger partial charge in [-0.2, -0.15) is 0 Å². The first kappa shape index (κ1) is 15.6. The van der Waals surface area contributed by atoms with E-state index in [4.69, 9.17) is 4.42 Å². The van der Waals surface area contributed by atoms with Crippen LogP contribution in [-0.4, -0.2) is 35.2 Å². The van der Waals surface area contributed by atoms with Crippen LogP contribution in [0.5, 0.6) is 0 Å². The van der Waals surface area contributed by atoms with Crippen molar-refractivity contribution in [3.63, 3.8) is 0 Å². The van der Waals surface area contributed by atoms with E-state index >= 15 is 0 Å². The molecule has 23 heavy (non-hydrogen) atoms. The molecule has 2 atom stereocenters. The zero-order valence-corrected chi connectivity index (χ0v) is 13.0. The van der Waals surface area contributed by atoms with Gasteiger partial charge in [0.25, 0.3) is 0 Å². The molecule has 6 heteroatoms. The molecule has 3 rings (SSSR count). The van der Waals surface area contributed by atoms with Crippen molar-refractivity contribution in [2.75, 3.05) is 18.5 Å². The summed E-state index contributed by atoms with van der Waals surface area (Å²) in [5.74, 6) is 0.283. The molecule has 1 fully saturated rings. The Balaban J connectivity index is 1.79. The molecule has 0 radical (unpaired) electrons. The predicted octanol–water partition coefficient (Wildman–Crippen LogP) is 2.42. The summed E-state index contributed by atoms with van der Waals surface area (Å²) in [7, 11) is 0. The first-order chi connectivity index (χ1) is 11.1. The minimum absolute atomic E-state index is 0.0303. The number of aliphatic hydroxyl groups excluding tert-OH is 1. The number of urea groups is 1. The van der Waals surface area contributed by atoms with Gasteiger partial charge in [0.1, 0.15) is 5.58 Å². The third kappa shape index (κ3) is 3.22. The first-order valence-electron chi connectivity index (χ1n) is 7.81. The zero-order chi connectivity index (χ0) is 16.4. The fraction of sp³-hybridized carbons (Fsp3) is 0.412. The molecule has 2 aromatic rings. The first-order valence-corrected chi connectivity index (χ1v) is 7.81. The van der Waals surface area contributed by atoms with E-state index in [1.165, 1.54) is 6.07 Å². The smallest absolute Gasteiger partial charge is 0.336 e. The highest BCUT2D eigenvalue weighted by molar-refractivity contribution is 5.92. The van der Waals surface area contributed by atoms with Gasteiger partial charge in [-0.15, -0.1) is 0 Å². The van der Waals surface area contributed by atoms with Gasteiger partial charge in [-0.1, -0.05) is 6.92 Å². The summed E-state index contributed by atoms with van der Waals surface area (Å²) in [5, 5.41) is 13.2. The van der Waals surface area contributed by atoms with Gasteiger partial charge in [-0.3, -0.25) is 0 Å². The van der Waals surface area contributed by atoms with Gasteiger partial charge in [-0.25, -0.2) is 9.59 Å². The maximum absolute atomic E-state index is 12.5. The van der Waals surface area contributed by atoms with Crippen LogP contribution in [0.3, 0.4) is 0 Å². The lowest BCUT2D eigenvalue weighted by Crippen LogP contribution is -2.51. The molecule has 2 amide bonds. The van der Waals surface area contributed by atoms with Crippen LogP contribution in [0.25, 0.3) is 11.0 Å². The highest BCUT2D eigenvalue weighted by Gasteiger charge is 2.31. The van der Waals surface area contributed by atoms with E-state index in [0.717, 1.165) is 18.2 Å². The van der Waals surface area contributed by atoms with Crippen molar-refractivity contribution < 1.29 is 14.3 Å². The monoisotopic (exact) mass is 316 g/mol. The Bertz CT molecular complexity index is 771. The van der Waals surface area contributed by atoms with Crippen LogP contribution < -0.4 is 10.9 Å². The van der Waals surface area contributed by atoms with Crippen molar-refractivity contribution in [2.45, 2.75) is 25.8 Å². The minimum atomic E-state index is -0.401. The van der Waals surface area contributed by atoms with E-state index in [2.05, 4.69) is 12.2 Å². The lowest BCUT2D eigenvalue weighted by molar-refractivity contribution is 0.0811. The van der Waals surface area contributed by atoms with E-state index in [9.17, 15) is 14.7 Å². The van der Waals surface area contributed by atoms with Gasteiger partial charge in [-0.05, 0) is 43.0 Å². The quantitative estimate of drug-likeness (QED) is 0.834. The molecule has 122 valence electrons. The molecule has 2 N–H and O–H groups in total. The zero-order valence-electron chi connectivity index (χ0n) is 13.0. The number of rotatable bonds is 2. The molecular weight excluding hydrogens is 296 g/mol. The summed E-state index contributed by atoms with van der Waals surface area (Å²) in [5.41, 5.74) is 0.712. The van der Waals surface area contributed by atoms with Crippen molar-refractivity contribution >= 4 is 22.7 Å². The van der Waals surface area contributed by atoms with Gasteiger partial charge < -0.3 is 19.7 Å². The highest BCUT2D eigenvalue weighted by Crippen LogP contribution is 2.24. The maximum Gasteiger partial charge on any atom is 0.336 e. The summed E-state index contributed by atoms with van der Waals surface area (Å²) >= 11 is 0. The van der Waals surface area contributed by atoms with Crippen molar-refractivity contribution in [1.29, 1.82) is 0 Å². The normalized spacial score (nSPS) is 21.4. The number of carbonyl (C=O) groups is 1. The third-order valence-corrected chi connectivity index (χ3v) is 4.43. The Morgan fingerprint density at radius 2 is 2.22 bits per heavy atom. The Kier molecular flexibility index (Phi) is 4.34. The molecule has 0 aliphatic carbocycles. The van der Waals surface area contributed by atoms with Crippen LogP contribution in [0.4, 0.5) is 10.5 Å². The molecule has 1 aromatic heterocycles. The number of piperidine rings is 1.